The number of cyclic esters (lactones) is 1. The topological polar surface area (TPSA) is 66.9 Å². The Hall–Kier alpha value is -1.67. The van der Waals surface area contributed by atoms with E-state index >= 15 is 0 Å². The van der Waals surface area contributed by atoms with E-state index in [4.69, 9.17) is 4.74 Å². The van der Waals surface area contributed by atoms with Crippen molar-refractivity contribution in [3.05, 3.63) is 30.1 Å². The molecule has 2 heterocycles. The Balaban J connectivity index is 1.68. The van der Waals surface area contributed by atoms with Gasteiger partial charge in [-0.2, -0.15) is 4.31 Å². The second kappa shape index (κ2) is 5.85. The molecular formula is C14H17FN2O4S. The monoisotopic (exact) mass is 328 g/mol. The van der Waals surface area contributed by atoms with E-state index in [1.807, 2.05) is 0 Å². The average molecular weight is 328 g/mol. The van der Waals surface area contributed by atoms with Crippen LogP contribution >= 0.6 is 0 Å². The van der Waals surface area contributed by atoms with Gasteiger partial charge in [-0.25, -0.2) is 17.6 Å². The molecule has 1 amide bonds. The Labute approximate surface area is 128 Å². The second-order valence-electron chi connectivity index (χ2n) is 5.40. The van der Waals surface area contributed by atoms with Crippen LogP contribution in [0.1, 0.15) is 12.8 Å². The van der Waals surface area contributed by atoms with Crippen LogP contribution in [-0.4, -0.2) is 56.0 Å². The van der Waals surface area contributed by atoms with E-state index in [0.717, 1.165) is 12.1 Å². The summed E-state index contributed by atoms with van der Waals surface area (Å²) in [6.45, 7) is 1.64. The molecule has 0 atom stereocenters. The maximum atomic E-state index is 12.9. The van der Waals surface area contributed by atoms with Gasteiger partial charge in [0.2, 0.25) is 10.0 Å². The fraction of sp³-hybridized carbons (Fsp3) is 0.500. The third kappa shape index (κ3) is 2.80. The summed E-state index contributed by atoms with van der Waals surface area (Å²) in [5.74, 6) is -0.467. The number of halogens is 1. The molecule has 0 N–H and O–H groups in total. The lowest BCUT2D eigenvalue weighted by Gasteiger charge is -2.34. The van der Waals surface area contributed by atoms with Gasteiger partial charge in [0.05, 0.1) is 11.4 Å². The molecule has 0 bridgehead atoms. The molecular weight excluding hydrogens is 311 g/mol. The van der Waals surface area contributed by atoms with E-state index in [-0.39, 0.29) is 17.0 Å². The molecule has 0 unspecified atom stereocenters. The Bertz CT molecular complexity index is 654. The maximum Gasteiger partial charge on any atom is 0.410 e. The quantitative estimate of drug-likeness (QED) is 0.842. The molecule has 0 aromatic heterocycles. The molecule has 0 aliphatic carbocycles. The molecule has 3 rings (SSSR count). The van der Waals surface area contributed by atoms with E-state index in [0.29, 0.717) is 39.1 Å². The maximum absolute atomic E-state index is 12.9. The second-order valence-corrected chi connectivity index (χ2v) is 7.33. The van der Waals surface area contributed by atoms with Crippen LogP contribution in [0.15, 0.2) is 29.2 Å². The largest absolute Gasteiger partial charge is 0.448 e. The van der Waals surface area contributed by atoms with Crippen LogP contribution in [0.4, 0.5) is 9.18 Å². The van der Waals surface area contributed by atoms with E-state index < -0.39 is 15.8 Å². The zero-order valence-corrected chi connectivity index (χ0v) is 12.8. The predicted molar refractivity (Wildman–Crippen MR) is 76.2 cm³/mol. The molecule has 0 radical (unpaired) electrons. The first-order valence-corrected chi connectivity index (χ1v) is 8.61. The lowest BCUT2D eigenvalue weighted by atomic mass is 10.1. The van der Waals surface area contributed by atoms with Crippen molar-refractivity contribution in [2.24, 2.45) is 0 Å². The summed E-state index contributed by atoms with van der Waals surface area (Å²) in [5, 5.41) is 0. The number of amides is 1. The fourth-order valence-corrected chi connectivity index (χ4v) is 4.36. The zero-order chi connectivity index (χ0) is 15.7. The lowest BCUT2D eigenvalue weighted by Crippen LogP contribution is -2.47. The number of rotatable bonds is 3. The molecule has 2 aliphatic heterocycles. The van der Waals surface area contributed by atoms with Crippen molar-refractivity contribution in [1.29, 1.82) is 0 Å². The van der Waals surface area contributed by atoms with Gasteiger partial charge in [-0.05, 0) is 37.1 Å². The molecule has 6 nitrogen and oxygen atoms in total. The Morgan fingerprint density at radius 1 is 1.09 bits per heavy atom. The normalized spacial score (nSPS) is 21.1. The number of piperidine rings is 1. The van der Waals surface area contributed by atoms with Crippen LogP contribution in [0, 0.1) is 5.82 Å². The van der Waals surface area contributed by atoms with E-state index in [2.05, 4.69) is 0 Å². The molecule has 2 aliphatic rings. The average Bonchev–Trinajstić information content (AvgIpc) is 2.94. The SMILES string of the molecule is O=C1OCCN1C1CCN(S(=O)(=O)c2ccc(F)cc2)CC1. The summed E-state index contributed by atoms with van der Waals surface area (Å²) in [6, 6.07) is 4.85. The molecule has 2 saturated heterocycles. The number of carbonyl (C=O) groups is 1. The Kier molecular flexibility index (Phi) is 4.05. The summed E-state index contributed by atoms with van der Waals surface area (Å²) >= 11 is 0. The van der Waals surface area contributed by atoms with Gasteiger partial charge in [-0.3, -0.25) is 0 Å². The molecule has 0 spiro atoms. The van der Waals surface area contributed by atoms with Crippen molar-refractivity contribution in [3.63, 3.8) is 0 Å². The summed E-state index contributed by atoms with van der Waals surface area (Å²) < 4.78 is 44.2. The zero-order valence-electron chi connectivity index (χ0n) is 11.9. The minimum absolute atomic E-state index is 0.0228. The van der Waals surface area contributed by atoms with E-state index in [1.54, 1.807) is 4.90 Å². The fourth-order valence-electron chi connectivity index (χ4n) is 2.89. The summed E-state index contributed by atoms with van der Waals surface area (Å²) in [6.07, 6.45) is 0.838. The standard InChI is InChI=1S/C14H17FN2O4S/c15-11-1-3-13(4-2-11)22(19,20)16-7-5-12(6-8-16)17-9-10-21-14(17)18/h1-4,12H,5-10H2. The van der Waals surface area contributed by atoms with Crippen LogP contribution in [0.5, 0.6) is 0 Å². The van der Waals surface area contributed by atoms with Gasteiger partial charge in [0, 0.05) is 19.1 Å². The van der Waals surface area contributed by atoms with Crippen LogP contribution in [0.2, 0.25) is 0 Å². The highest BCUT2D eigenvalue weighted by molar-refractivity contribution is 7.89. The minimum Gasteiger partial charge on any atom is -0.448 e. The Morgan fingerprint density at radius 2 is 1.73 bits per heavy atom. The summed E-state index contributed by atoms with van der Waals surface area (Å²) in [4.78, 5) is 13.3. The van der Waals surface area contributed by atoms with Crippen molar-refractivity contribution in [2.75, 3.05) is 26.2 Å². The molecule has 8 heteroatoms. The van der Waals surface area contributed by atoms with Gasteiger partial charge in [-0.15, -0.1) is 0 Å². The molecule has 1 aromatic rings. The van der Waals surface area contributed by atoms with Gasteiger partial charge < -0.3 is 9.64 Å². The first kappa shape index (κ1) is 15.2. The van der Waals surface area contributed by atoms with E-state index in [9.17, 15) is 17.6 Å². The molecule has 120 valence electrons. The van der Waals surface area contributed by atoms with Crippen LogP contribution in [-0.2, 0) is 14.8 Å². The van der Waals surface area contributed by atoms with Crippen LogP contribution in [0.3, 0.4) is 0 Å². The van der Waals surface area contributed by atoms with Crippen molar-refractivity contribution >= 4 is 16.1 Å². The van der Waals surface area contributed by atoms with Crippen molar-refractivity contribution in [3.8, 4) is 0 Å². The molecule has 0 saturated carbocycles. The third-order valence-corrected chi connectivity index (χ3v) is 6.02. The summed E-state index contributed by atoms with van der Waals surface area (Å²) in [5.41, 5.74) is 0. The Morgan fingerprint density at radius 3 is 2.27 bits per heavy atom. The number of hydrogen-bond donors (Lipinski definition) is 0. The van der Waals surface area contributed by atoms with Gasteiger partial charge in [0.25, 0.3) is 0 Å². The van der Waals surface area contributed by atoms with E-state index in [1.165, 1.54) is 16.4 Å². The highest BCUT2D eigenvalue weighted by Crippen LogP contribution is 2.24. The highest BCUT2D eigenvalue weighted by atomic mass is 32.2. The number of benzene rings is 1. The number of sulfonamides is 1. The smallest absolute Gasteiger partial charge is 0.410 e. The minimum atomic E-state index is -3.61. The predicted octanol–water partition coefficient (Wildman–Crippen LogP) is 1.43. The third-order valence-electron chi connectivity index (χ3n) is 4.11. The number of hydrogen-bond acceptors (Lipinski definition) is 4. The van der Waals surface area contributed by atoms with Gasteiger partial charge in [0.15, 0.2) is 0 Å². The summed E-state index contributed by atoms with van der Waals surface area (Å²) in [7, 11) is -3.61. The first-order valence-electron chi connectivity index (χ1n) is 7.17. The molecule has 22 heavy (non-hydrogen) atoms. The lowest BCUT2D eigenvalue weighted by molar-refractivity contribution is 0.134. The molecule has 1 aromatic carbocycles. The first-order chi connectivity index (χ1) is 10.5. The van der Waals surface area contributed by atoms with Crippen molar-refractivity contribution in [2.45, 2.75) is 23.8 Å². The van der Waals surface area contributed by atoms with Gasteiger partial charge >= 0.3 is 6.09 Å². The number of nitrogens with zero attached hydrogens (tertiary/aromatic N) is 2. The highest BCUT2D eigenvalue weighted by Gasteiger charge is 2.35. The van der Waals surface area contributed by atoms with Crippen LogP contribution < -0.4 is 0 Å². The number of ether oxygens (including phenoxy) is 1. The van der Waals surface area contributed by atoms with Crippen LogP contribution in [0.25, 0.3) is 0 Å². The van der Waals surface area contributed by atoms with Gasteiger partial charge in [-0.1, -0.05) is 0 Å². The number of carbonyl (C=O) groups excluding carboxylic acids is 1. The van der Waals surface area contributed by atoms with Crippen molar-refractivity contribution < 1.29 is 22.3 Å². The van der Waals surface area contributed by atoms with Gasteiger partial charge in [0.1, 0.15) is 12.4 Å². The van der Waals surface area contributed by atoms with Crippen molar-refractivity contribution in [1.82, 2.24) is 9.21 Å². The molecule has 2 fully saturated rings.